The van der Waals surface area contributed by atoms with E-state index in [9.17, 15) is 0 Å². The zero-order valence-electron chi connectivity index (χ0n) is 18.2. The van der Waals surface area contributed by atoms with Crippen molar-refractivity contribution < 1.29 is 9.31 Å². The highest BCUT2D eigenvalue weighted by molar-refractivity contribution is 6.03. The molecule has 2 aliphatic heterocycles. The van der Waals surface area contributed by atoms with Gasteiger partial charge in [-0.25, -0.2) is 0 Å². The van der Waals surface area contributed by atoms with Crippen LogP contribution in [0.1, 0.15) is 57.6 Å². The van der Waals surface area contributed by atoms with Gasteiger partial charge in [0.25, 0.3) is 0 Å². The molecule has 3 aliphatic rings. The smallest absolute Gasteiger partial charge is 0.209 e. The summed E-state index contributed by atoms with van der Waals surface area (Å²) >= 11 is 0. The molecule has 0 saturated carbocycles. The first-order valence-electron chi connectivity index (χ1n) is 11.2. The highest BCUT2D eigenvalue weighted by atomic mass is 16.5. The van der Waals surface area contributed by atoms with Gasteiger partial charge in [0.15, 0.2) is 5.71 Å². The van der Waals surface area contributed by atoms with Gasteiger partial charge in [-0.3, -0.25) is 0 Å². The minimum Gasteiger partial charge on any atom is -0.456 e. The summed E-state index contributed by atoms with van der Waals surface area (Å²) < 4.78 is 8.90. The van der Waals surface area contributed by atoms with Gasteiger partial charge < -0.3 is 4.74 Å². The first-order valence-corrected chi connectivity index (χ1v) is 11.2. The predicted octanol–water partition coefficient (Wildman–Crippen LogP) is 6.94. The van der Waals surface area contributed by atoms with Crippen molar-refractivity contribution in [1.29, 1.82) is 0 Å². The molecule has 2 aromatic rings. The van der Waals surface area contributed by atoms with Gasteiger partial charge in [-0.05, 0) is 62.5 Å². The molecule has 2 heterocycles. The molecular formula is C28H30NO+. The summed E-state index contributed by atoms with van der Waals surface area (Å²) in [7, 11) is 0. The third-order valence-electron chi connectivity index (χ3n) is 6.63. The predicted molar refractivity (Wildman–Crippen MR) is 125 cm³/mol. The van der Waals surface area contributed by atoms with Crippen molar-refractivity contribution in [1.82, 2.24) is 0 Å². The molecule has 0 atom stereocenters. The van der Waals surface area contributed by atoms with Crippen molar-refractivity contribution in [3.63, 3.8) is 0 Å². The van der Waals surface area contributed by atoms with Crippen LogP contribution < -0.4 is 4.74 Å². The van der Waals surface area contributed by atoms with Crippen LogP contribution in [0.2, 0.25) is 0 Å². The maximum atomic E-state index is 6.39. The van der Waals surface area contributed by atoms with E-state index in [0.717, 1.165) is 37.3 Å². The van der Waals surface area contributed by atoms with Crippen LogP contribution in [0.5, 0.6) is 5.75 Å². The fourth-order valence-electron chi connectivity index (χ4n) is 5.11. The van der Waals surface area contributed by atoms with E-state index >= 15 is 0 Å². The van der Waals surface area contributed by atoms with E-state index < -0.39 is 0 Å². The summed E-state index contributed by atoms with van der Waals surface area (Å²) in [5.74, 6) is 2.05. The molecule has 30 heavy (non-hydrogen) atoms. The molecule has 1 aliphatic carbocycles. The fraction of sp³-hybridized carbons (Fsp3) is 0.321. The van der Waals surface area contributed by atoms with E-state index in [1.165, 1.54) is 40.1 Å². The van der Waals surface area contributed by atoms with Crippen molar-refractivity contribution >= 4 is 17.5 Å². The Morgan fingerprint density at radius 1 is 1.00 bits per heavy atom. The second kappa shape index (κ2) is 7.43. The van der Waals surface area contributed by atoms with Gasteiger partial charge in [-0.2, -0.15) is 4.58 Å². The normalized spacial score (nSPS) is 19.4. The number of nitrogens with zero attached hydrogens (tertiary/aromatic N) is 1. The molecule has 0 saturated heterocycles. The molecule has 5 rings (SSSR count). The van der Waals surface area contributed by atoms with Crippen molar-refractivity contribution in [3.8, 4) is 5.75 Å². The second-order valence-corrected chi connectivity index (χ2v) is 9.03. The molecule has 2 aromatic carbocycles. The lowest BCUT2D eigenvalue weighted by Crippen LogP contribution is -2.28. The number of hydrogen-bond acceptors (Lipinski definition) is 1. The lowest BCUT2D eigenvalue weighted by atomic mass is 9.81. The fourth-order valence-corrected chi connectivity index (χ4v) is 5.11. The standard InChI is InChI=1S/C28H30NO/c1-4-18-29-24-14-7-6-13-23(24)28(2,3)26(29)17-16-20-11-9-12-22-19-21-10-5-8-15-25(21)30-27(20)22/h5-8,10,13-17,19H,4,9,11-12,18H2,1-3H3/q+1/b17-16+. The third kappa shape index (κ3) is 3.06. The number of para-hydroxylation sites is 2. The average molecular weight is 397 g/mol. The van der Waals surface area contributed by atoms with Gasteiger partial charge in [0.2, 0.25) is 5.69 Å². The Labute approximate surface area is 179 Å². The summed E-state index contributed by atoms with van der Waals surface area (Å²) in [5.41, 5.74) is 8.00. The minimum atomic E-state index is 0.000841. The Kier molecular flexibility index (Phi) is 4.73. The van der Waals surface area contributed by atoms with E-state index in [4.69, 9.17) is 4.74 Å². The molecule has 0 fully saturated rings. The van der Waals surface area contributed by atoms with Gasteiger partial charge >= 0.3 is 0 Å². The lowest BCUT2D eigenvalue weighted by Gasteiger charge is -2.26. The van der Waals surface area contributed by atoms with E-state index in [2.05, 4.69) is 86.0 Å². The average Bonchev–Trinajstić information content (AvgIpc) is 2.97. The molecular weight excluding hydrogens is 366 g/mol. The van der Waals surface area contributed by atoms with Crippen molar-refractivity contribution in [3.05, 3.63) is 88.7 Å². The second-order valence-electron chi connectivity index (χ2n) is 9.03. The molecule has 0 spiro atoms. The summed E-state index contributed by atoms with van der Waals surface area (Å²) in [4.78, 5) is 0. The van der Waals surface area contributed by atoms with E-state index in [1.54, 1.807) is 0 Å². The summed E-state index contributed by atoms with van der Waals surface area (Å²) in [5, 5.41) is 0. The molecule has 0 aromatic heterocycles. The molecule has 0 N–H and O–H groups in total. The molecule has 2 heteroatoms. The Hall–Kier alpha value is -2.87. The number of ether oxygens (including phenoxy) is 1. The number of benzene rings is 2. The van der Waals surface area contributed by atoms with Gasteiger partial charge in [0.05, 0.1) is 5.41 Å². The molecule has 0 radical (unpaired) electrons. The maximum Gasteiger partial charge on any atom is 0.209 e. The van der Waals surface area contributed by atoms with E-state index in [0.29, 0.717) is 0 Å². The van der Waals surface area contributed by atoms with Gasteiger partial charge in [-0.1, -0.05) is 43.3 Å². The minimum absolute atomic E-state index is 0.000841. The zero-order chi connectivity index (χ0) is 20.7. The highest BCUT2D eigenvalue weighted by Crippen LogP contribution is 2.42. The Morgan fingerprint density at radius 2 is 1.80 bits per heavy atom. The van der Waals surface area contributed by atoms with Crippen molar-refractivity contribution in [2.45, 2.75) is 51.9 Å². The lowest BCUT2D eigenvalue weighted by molar-refractivity contribution is -0.437. The van der Waals surface area contributed by atoms with Gasteiger partial charge in [0.1, 0.15) is 18.1 Å². The van der Waals surface area contributed by atoms with Crippen LogP contribution in [0.4, 0.5) is 5.69 Å². The number of hydrogen-bond donors (Lipinski definition) is 0. The van der Waals surface area contributed by atoms with Crippen LogP contribution in [0.15, 0.2) is 77.6 Å². The number of allylic oxidation sites excluding steroid dienone is 4. The number of rotatable bonds is 4. The zero-order valence-corrected chi connectivity index (χ0v) is 18.2. The topological polar surface area (TPSA) is 12.2 Å². The molecule has 0 unspecified atom stereocenters. The SMILES string of the molecule is CCC[N+]1=C(/C=C/C2=C3Oc4ccccc4C=C3CCC2)C(C)(C)c2ccccc21. The molecule has 0 bridgehead atoms. The van der Waals surface area contributed by atoms with Crippen LogP contribution in [0, 0.1) is 0 Å². The third-order valence-corrected chi connectivity index (χ3v) is 6.63. The van der Waals surface area contributed by atoms with Crippen molar-refractivity contribution in [2.24, 2.45) is 0 Å². The number of fused-ring (bicyclic) bond motifs is 3. The Morgan fingerprint density at radius 3 is 2.67 bits per heavy atom. The van der Waals surface area contributed by atoms with Crippen molar-refractivity contribution in [2.75, 3.05) is 6.54 Å². The molecule has 0 amide bonds. The molecule has 152 valence electrons. The van der Waals surface area contributed by atoms with Crippen LogP contribution in [0.3, 0.4) is 0 Å². The summed E-state index contributed by atoms with van der Waals surface area (Å²) in [6.07, 6.45) is 11.5. The summed E-state index contributed by atoms with van der Waals surface area (Å²) in [6, 6.07) is 17.2. The van der Waals surface area contributed by atoms with E-state index in [1.807, 2.05) is 6.07 Å². The van der Waals surface area contributed by atoms with Gasteiger partial charge in [0, 0.05) is 29.7 Å². The first kappa shape index (κ1) is 19.1. The summed E-state index contributed by atoms with van der Waals surface area (Å²) in [6.45, 7) is 7.99. The van der Waals surface area contributed by atoms with Crippen LogP contribution >= 0.6 is 0 Å². The highest BCUT2D eigenvalue weighted by Gasteiger charge is 2.43. The monoisotopic (exact) mass is 396 g/mol. The van der Waals surface area contributed by atoms with Crippen LogP contribution in [0.25, 0.3) is 6.08 Å². The van der Waals surface area contributed by atoms with Crippen LogP contribution in [-0.4, -0.2) is 16.8 Å². The van der Waals surface area contributed by atoms with Gasteiger partial charge in [-0.15, -0.1) is 0 Å². The van der Waals surface area contributed by atoms with Crippen LogP contribution in [-0.2, 0) is 5.41 Å². The Bertz CT molecular complexity index is 1130. The van der Waals surface area contributed by atoms with E-state index in [-0.39, 0.29) is 5.41 Å². The first-order chi connectivity index (χ1) is 14.6. The largest absolute Gasteiger partial charge is 0.456 e. The maximum absolute atomic E-state index is 6.39. The molecule has 2 nitrogen and oxygen atoms in total. The quantitative estimate of drug-likeness (QED) is 0.510. The Balaban J connectivity index is 1.56.